The Morgan fingerprint density at radius 3 is 2.29 bits per heavy atom. The molecule has 0 amide bonds. The van der Waals surface area contributed by atoms with E-state index in [1.165, 1.54) is 51.4 Å². The first-order valence-electron chi connectivity index (χ1n) is 6.44. The van der Waals surface area contributed by atoms with E-state index in [1.807, 2.05) is 0 Å². The third-order valence-corrected chi connectivity index (χ3v) is 4.44. The molecule has 0 aromatic heterocycles. The molecular formula is C13H25N. The predicted molar refractivity (Wildman–Crippen MR) is 61.1 cm³/mol. The van der Waals surface area contributed by atoms with Crippen LogP contribution in [-0.2, 0) is 0 Å². The third kappa shape index (κ3) is 2.13. The lowest BCUT2D eigenvalue weighted by Gasteiger charge is -2.48. The molecule has 0 aromatic rings. The highest BCUT2D eigenvalue weighted by molar-refractivity contribution is 4.94. The Bertz CT molecular complexity index is 176. The van der Waals surface area contributed by atoms with E-state index in [9.17, 15) is 0 Å². The number of hydrogen-bond acceptors (Lipinski definition) is 1. The van der Waals surface area contributed by atoms with E-state index < -0.39 is 0 Å². The minimum Gasteiger partial charge on any atom is -0.330 e. The molecular weight excluding hydrogens is 170 g/mol. The summed E-state index contributed by atoms with van der Waals surface area (Å²) >= 11 is 0. The van der Waals surface area contributed by atoms with E-state index in [2.05, 4.69) is 6.92 Å². The van der Waals surface area contributed by atoms with Crippen LogP contribution in [0, 0.1) is 17.3 Å². The molecule has 0 spiro atoms. The average molecular weight is 195 g/mol. The second-order valence-electron chi connectivity index (χ2n) is 5.93. The predicted octanol–water partition coefficient (Wildman–Crippen LogP) is 3.33. The minimum absolute atomic E-state index is 0.571. The molecule has 0 heterocycles. The first kappa shape index (κ1) is 10.5. The van der Waals surface area contributed by atoms with Gasteiger partial charge in [0, 0.05) is 0 Å². The SMILES string of the molecule is CC1CC(CN)(CC2CCCCC2)C1. The van der Waals surface area contributed by atoms with Crippen LogP contribution in [0.25, 0.3) is 0 Å². The molecule has 0 aliphatic heterocycles. The molecule has 2 saturated carbocycles. The second-order valence-corrected chi connectivity index (χ2v) is 5.93. The smallest absolute Gasteiger partial charge is 0.00202 e. The molecule has 2 aliphatic carbocycles. The molecule has 0 saturated heterocycles. The van der Waals surface area contributed by atoms with Crippen molar-refractivity contribution in [2.45, 2.75) is 58.3 Å². The molecule has 82 valence electrons. The fourth-order valence-electron chi connectivity index (χ4n) is 3.84. The Morgan fingerprint density at radius 1 is 1.14 bits per heavy atom. The molecule has 0 bridgehead atoms. The molecule has 1 heteroatoms. The molecule has 2 N–H and O–H groups in total. The summed E-state index contributed by atoms with van der Waals surface area (Å²) in [6.45, 7) is 3.31. The summed E-state index contributed by atoms with van der Waals surface area (Å²) in [5.41, 5.74) is 6.52. The van der Waals surface area contributed by atoms with Gasteiger partial charge in [-0.15, -0.1) is 0 Å². The Balaban J connectivity index is 1.82. The van der Waals surface area contributed by atoms with Gasteiger partial charge in [0.2, 0.25) is 0 Å². The van der Waals surface area contributed by atoms with Gasteiger partial charge in [-0.2, -0.15) is 0 Å². The third-order valence-electron chi connectivity index (χ3n) is 4.44. The van der Waals surface area contributed by atoms with Crippen molar-refractivity contribution in [3.63, 3.8) is 0 Å². The largest absolute Gasteiger partial charge is 0.330 e. The maximum atomic E-state index is 5.95. The zero-order valence-corrected chi connectivity index (χ0v) is 9.60. The van der Waals surface area contributed by atoms with E-state index in [4.69, 9.17) is 5.73 Å². The fraction of sp³-hybridized carbons (Fsp3) is 1.00. The van der Waals surface area contributed by atoms with Gasteiger partial charge < -0.3 is 5.73 Å². The normalized spacial score (nSPS) is 39.4. The summed E-state index contributed by atoms with van der Waals surface area (Å²) in [7, 11) is 0. The van der Waals surface area contributed by atoms with Gasteiger partial charge in [-0.25, -0.2) is 0 Å². The van der Waals surface area contributed by atoms with Crippen LogP contribution in [0.3, 0.4) is 0 Å². The van der Waals surface area contributed by atoms with Gasteiger partial charge in [0.05, 0.1) is 0 Å². The van der Waals surface area contributed by atoms with Crippen LogP contribution in [0.2, 0.25) is 0 Å². The standard InChI is InChI=1S/C13H25N/c1-11-7-13(8-11,10-14)9-12-5-3-2-4-6-12/h11-12H,2-10,14H2,1H3. The minimum atomic E-state index is 0.571. The summed E-state index contributed by atoms with van der Waals surface area (Å²) in [5.74, 6) is 1.96. The molecule has 0 atom stereocenters. The maximum Gasteiger partial charge on any atom is -0.00202 e. The van der Waals surface area contributed by atoms with Gasteiger partial charge in [-0.3, -0.25) is 0 Å². The van der Waals surface area contributed by atoms with Crippen molar-refractivity contribution in [3.8, 4) is 0 Å². The molecule has 0 radical (unpaired) electrons. The Morgan fingerprint density at radius 2 is 1.79 bits per heavy atom. The van der Waals surface area contributed by atoms with E-state index >= 15 is 0 Å². The zero-order valence-electron chi connectivity index (χ0n) is 9.60. The van der Waals surface area contributed by atoms with Crippen LogP contribution in [0.5, 0.6) is 0 Å². The van der Waals surface area contributed by atoms with Crippen molar-refractivity contribution >= 4 is 0 Å². The van der Waals surface area contributed by atoms with Crippen LogP contribution < -0.4 is 5.73 Å². The molecule has 2 rings (SSSR count). The molecule has 1 nitrogen and oxygen atoms in total. The summed E-state index contributed by atoms with van der Waals surface area (Å²) in [4.78, 5) is 0. The monoisotopic (exact) mass is 195 g/mol. The van der Waals surface area contributed by atoms with Gasteiger partial charge in [0.25, 0.3) is 0 Å². The Kier molecular flexibility index (Phi) is 3.16. The second kappa shape index (κ2) is 4.22. The summed E-state index contributed by atoms with van der Waals surface area (Å²) < 4.78 is 0. The first-order chi connectivity index (χ1) is 6.74. The van der Waals surface area contributed by atoms with E-state index in [0.717, 1.165) is 18.4 Å². The van der Waals surface area contributed by atoms with Crippen molar-refractivity contribution in [3.05, 3.63) is 0 Å². The van der Waals surface area contributed by atoms with Gasteiger partial charge in [0.15, 0.2) is 0 Å². The van der Waals surface area contributed by atoms with Crippen molar-refractivity contribution < 1.29 is 0 Å². The number of hydrogen-bond donors (Lipinski definition) is 1. The van der Waals surface area contributed by atoms with Crippen molar-refractivity contribution in [1.82, 2.24) is 0 Å². The van der Waals surface area contributed by atoms with Crippen LogP contribution >= 0.6 is 0 Å². The lowest BCUT2D eigenvalue weighted by Crippen LogP contribution is -2.43. The number of rotatable bonds is 3. The van der Waals surface area contributed by atoms with Crippen LogP contribution in [0.1, 0.15) is 58.3 Å². The van der Waals surface area contributed by atoms with Crippen LogP contribution in [0.15, 0.2) is 0 Å². The first-order valence-corrected chi connectivity index (χ1v) is 6.44. The highest BCUT2D eigenvalue weighted by Crippen LogP contribution is 2.50. The van der Waals surface area contributed by atoms with Crippen molar-refractivity contribution in [2.24, 2.45) is 23.0 Å². The van der Waals surface area contributed by atoms with Crippen molar-refractivity contribution in [1.29, 1.82) is 0 Å². The van der Waals surface area contributed by atoms with E-state index in [1.54, 1.807) is 0 Å². The van der Waals surface area contributed by atoms with E-state index in [-0.39, 0.29) is 0 Å². The Labute approximate surface area is 88.4 Å². The summed E-state index contributed by atoms with van der Waals surface area (Å²) in [6, 6.07) is 0. The zero-order chi connectivity index (χ0) is 10.0. The summed E-state index contributed by atoms with van der Waals surface area (Å²) in [6.07, 6.45) is 11.6. The molecule has 2 fully saturated rings. The van der Waals surface area contributed by atoms with E-state index in [0.29, 0.717) is 5.41 Å². The van der Waals surface area contributed by atoms with Crippen LogP contribution in [0.4, 0.5) is 0 Å². The number of nitrogens with two attached hydrogens (primary N) is 1. The molecule has 14 heavy (non-hydrogen) atoms. The average Bonchev–Trinajstić information content (AvgIpc) is 2.16. The molecule has 0 aromatic carbocycles. The van der Waals surface area contributed by atoms with Crippen molar-refractivity contribution in [2.75, 3.05) is 6.54 Å². The lowest BCUT2D eigenvalue weighted by atomic mass is 9.58. The summed E-state index contributed by atoms with van der Waals surface area (Å²) in [5, 5.41) is 0. The molecule has 2 aliphatic rings. The van der Waals surface area contributed by atoms with Gasteiger partial charge in [0.1, 0.15) is 0 Å². The maximum absolute atomic E-state index is 5.95. The van der Waals surface area contributed by atoms with Crippen LogP contribution in [-0.4, -0.2) is 6.54 Å². The highest BCUT2D eigenvalue weighted by atomic mass is 14.6. The lowest BCUT2D eigenvalue weighted by molar-refractivity contribution is 0.0389. The quantitative estimate of drug-likeness (QED) is 0.734. The van der Waals surface area contributed by atoms with Gasteiger partial charge in [-0.05, 0) is 43.1 Å². The topological polar surface area (TPSA) is 26.0 Å². The Hall–Kier alpha value is -0.0400. The van der Waals surface area contributed by atoms with Gasteiger partial charge in [-0.1, -0.05) is 39.0 Å². The van der Waals surface area contributed by atoms with Gasteiger partial charge >= 0.3 is 0 Å². The highest BCUT2D eigenvalue weighted by Gasteiger charge is 2.42. The fourth-order valence-corrected chi connectivity index (χ4v) is 3.84. The molecule has 0 unspecified atom stereocenters.